The van der Waals surface area contributed by atoms with Gasteiger partial charge in [0, 0.05) is 6.54 Å². The standard InChI is InChI=1S/C11H17NO3/c1-11(14,7-12)8-15-10-4-2-3-9(5-10)6-13/h2-5,13-14H,6-8,12H2,1H3. The number of aliphatic hydroxyl groups is 2. The molecule has 0 aliphatic carbocycles. The van der Waals surface area contributed by atoms with E-state index >= 15 is 0 Å². The number of aliphatic hydroxyl groups excluding tert-OH is 1. The summed E-state index contributed by atoms with van der Waals surface area (Å²) in [6.07, 6.45) is 0. The largest absolute Gasteiger partial charge is 0.491 e. The molecule has 0 saturated heterocycles. The highest BCUT2D eigenvalue weighted by Crippen LogP contribution is 2.14. The van der Waals surface area contributed by atoms with Crippen molar-refractivity contribution in [3.05, 3.63) is 29.8 Å². The first kappa shape index (κ1) is 12.0. The third-order valence-corrected chi connectivity index (χ3v) is 2.07. The van der Waals surface area contributed by atoms with Crippen LogP contribution in [0.5, 0.6) is 5.75 Å². The van der Waals surface area contributed by atoms with Crippen LogP contribution in [0, 0.1) is 0 Å². The predicted octanol–water partition coefficient (Wildman–Crippen LogP) is 0.267. The van der Waals surface area contributed by atoms with Crippen LogP contribution in [0.15, 0.2) is 24.3 Å². The summed E-state index contributed by atoms with van der Waals surface area (Å²) >= 11 is 0. The third kappa shape index (κ3) is 3.87. The number of nitrogens with two attached hydrogens (primary N) is 1. The lowest BCUT2D eigenvalue weighted by molar-refractivity contribution is 0.0195. The highest BCUT2D eigenvalue weighted by atomic mass is 16.5. The predicted molar refractivity (Wildman–Crippen MR) is 57.5 cm³/mol. The minimum atomic E-state index is -1.02. The van der Waals surface area contributed by atoms with Gasteiger partial charge in [-0.3, -0.25) is 0 Å². The lowest BCUT2D eigenvalue weighted by atomic mass is 10.1. The number of benzene rings is 1. The average Bonchev–Trinajstić information content (AvgIpc) is 2.27. The van der Waals surface area contributed by atoms with Gasteiger partial charge in [0.05, 0.1) is 6.61 Å². The number of rotatable bonds is 5. The second-order valence-corrected chi connectivity index (χ2v) is 3.80. The van der Waals surface area contributed by atoms with Crippen LogP contribution in [0.4, 0.5) is 0 Å². The molecular formula is C11H17NO3. The Hall–Kier alpha value is -1.10. The Morgan fingerprint density at radius 1 is 1.47 bits per heavy atom. The molecule has 0 amide bonds. The van der Waals surface area contributed by atoms with Gasteiger partial charge in [0.15, 0.2) is 0 Å². The first-order valence-corrected chi connectivity index (χ1v) is 4.82. The fourth-order valence-electron chi connectivity index (χ4n) is 1.03. The highest BCUT2D eigenvalue weighted by Gasteiger charge is 2.18. The molecule has 0 aliphatic rings. The molecule has 0 aromatic heterocycles. The molecule has 4 nitrogen and oxygen atoms in total. The fourth-order valence-corrected chi connectivity index (χ4v) is 1.03. The lowest BCUT2D eigenvalue weighted by Crippen LogP contribution is -2.40. The second kappa shape index (κ2) is 5.11. The fraction of sp³-hybridized carbons (Fsp3) is 0.455. The van der Waals surface area contributed by atoms with Crippen molar-refractivity contribution < 1.29 is 14.9 Å². The molecule has 0 bridgehead atoms. The first-order chi connectivity index (χ1) is 7.07. The molecule has 1 aromatic carbocycles. The maximum atomic E-state index is 9.61. The van der Waals surface area contributed by atoms with Crippen molar-refractivity contribution in [2.24, 2.45) is 5.73 Å². The van der Waals surface area contributed by atoms with E-state index in [0.29, 0.717) is 5.75 Å². The highest BCUT2D eigenvalue weighted by molar-refractivity contribution is 5.28. The summed E-state index contributed by atoms with van der Waals surface area (Å²) in [5, 5.41) is 18.5. The molecule has 1 aromatic rings. The molecule has 1 rings (SSSR count). The Bertz CT molecular complexity index is 312. The van der Waals surface area contributed by atoms with Gasteiger partial charge in [-0.1, -0.05) is 12.1 Å². The van der Waals surface area contributed by atoms with Crippen molar-refractivity contribution in [1.29, 1.82) is 0 Å². The molecule has 0 heterocycles. The van der Waals surface area contributed by atoms with Crippen molar-refractivity contribution in [2.45, 2.75) is 19.1 Å². The van der Waals surface area contributed by atoms with Gasteiger partial charge in [-0.05, 0) is 24.6 Å². The number of hydrogen-bond donors (Lipinski definition) is 3. The van der Waals surface area contributed by atoms with Gasteiger partial charge in [0.25, 0.3) is 0 Å². The van der Waals surface area contributed by atoms with E-state index < -0.39 is 5.60 Å². The van der Waals surface area contributed by atoms with E-state index in [4.69, 9.17) is 15.6 Å². The van der Waals surface area contributed by atoms with Gasteiger partial charge in [-0.15, -0.1) is 0 Å². The minimum absolute atomic E-state index is 0.0233. The summed E-state index contributed by atoms with van der Waals surface area (Å²) in [4.78, 5) is 0. The Morgan fingerprint density at radius 2 is 2.20 bits per heavy atom. The van der Waals surface area contributed by atoms with E-state index in [1.165, 1.54) is 0 Å². The van der Waals surface area contributed by atoms with Crippen molar-refractivity contribution in [3.8, 4) is 5.75 Å². The molecule has 4 N–H and O–H groups in total. The molecule has 0 saturated carbocycles. The van der Waals surface area contributed by atoms with Gasteiger partial charge >= 0.3 is 0 Å². The van der Waals surface area contributed by atoms with Crippen LogP contribution in [-0.2, 0) is 6.61 Å². The van der Waals surface area contributed by atoms with Crippen LogP contribution in [0.25, 0.3) is 0 Å². The maximum absolute atomic E-state index is 9.61. The molecule has 0 spiro atoms. The summed E-state index contributed by atoms with van der Waals surface area (Å²) in [5.74, 6) is 0.621. The summed E-state index contributed by atoms with van der Waals surface area (Å²) in [7, 11) is 0. The summed E-state index contributed by atoms with van der Waals surface area (Å²) in [5.41, 5.74) is 5.12. The monoisotopic (exact) mass is 211 g/mol. The van der Waals surface area contributed by atoms with Crippen LogP contribution < -0.4 is 10.5 Å². The van der Waals surface area contributed by atoms with Crippen LogP contribution in [0.1, 0.15) is 12.5 Å². The first-order valence-electron chi connectivity index (χ1n) is 4.82. The Balaban J connectivity index is 2.57. The zero-order valence-electron chi connectivity index (χ0n) is 8.81. The zero-order valence-corrected chi connectivity index (χ0v) is 8.81. The third-order valence-electron chi connectivity index (χ3n) is 2.07. The molecule has 84 valence electrons. The summed E-state index contributed by atoms with van der Waals surface area (Å²) in [6.45, 7) is 1.87. The Kier molecular flexibility index (Phi) is 4.08. The van der Waals surface area contributed by atoms with Crippen molar-refractivity contribution in [1.82, 2.24) is 0 Å². The Labute approximate surface area is 89.3 Å². The van der Waals surface area contributed by atoms with Crippen LogP contribution in [0.3, 0.4) is 0 Å². The molecule has 4 heteroatoms. The van der Waals surface area contributed by atoms with Crippen molar-refractivity contribution >= 4 is 0 Å². The molecule has 1 unspecified atom stereocenters. The van der Waals surface area contributed by atoms with Crippen molar-refractivity contribution in [3.63, 3.8) is 0 Å². The van der Waals surface area contributed by atoms with Gasteiger partial charge in [-0.2, -0.15) is 0 Å². The lowest BCUT2D eigenvalue weighted by Gasteiger charge is -2.21. The van der Waals surface area contributed by atoms with Gasteiger partial charge in [0.2, 0.25) is 0 Å². The Morgan fingerprint density at radius 3 is 2.80 bits per heavy atom. The molecule has 0 aliphatic heterocycles. The van der Waals surface area contributed by atoms with Gasteiger partial charge in [0.1, 0.15) is 18.0 Å². The zero-order chi connectivity index (χ0) is 11.3. The summed E-state index contributed by atoms with van der Waals surface area (Å²) in [6, 6.07) is 7.09. The molecule has 0 radical (unpaired) electrons. The normalized spacial score (nSPS) is 14.7. The van der Waals surface area contributed by atoms with E-state index in [1.54, 1.807) is 31.2 Å². The minimum Gasteiger partial charge on any atom is -0.491 e. The van der Waals surface area contributed by atoms with Crippen molar-refractivity contribution in [2.75, 3.05) is 13.2 Å². The van der Waals surface area contributed by atoms with Crippen LogP contribution in [0.2, 0.25) is 0 Å². The van der Waals surface area contributed by atoms with E-state index in [-0.39, 0.29) is 19.8 Å². The number of hydrogen-bond acceptors (Lipinski definition) is 4. The summed E-state index contributed by atoms with van der Waals surface area (Å²) < 4.78 is 5.36. The van der Waals surface area contributed by atoms with E-state index in [9.17, 15) is 5.11 Å². The molecule has 15 heavy (non-hydrogen) atoms. The molecule has 0 fully saturated rings. The van der Waals surface area contributed by atoms with E-state index in [0.717, 1.165) is 5.56 Å². The second-order valence-electron chi connectivity index (χ2n) is 3.80. The smallest absolute Gasteiger partial charge is 0.119 e. The van der Waals surface area contributed by atoms with E-state index in [2.05, 4.69) is 0 Å². The maximum Gasteiger partial charge on any atom is 0.119 e. The topological polar surface area (TPSA) is 75.7 Å². The SMILES string of the molecule is CC(O)(CN)COc1cccc(CO)c1. The molecular weight excluding hydrogens is 194 g/mol. The quantitative estimate of drug-likeness (QED) is 0.653. The number of ether oxygens (including phenoxy) is 1. The van der Waals surface area contributed by atoms with Crippen LogP contribution >= 0.6 is 0 Å². The van der Waals surface area contributed by atoms with Gasteiger partial charge in [-0.25, -0.2) is 0 Å². The van der Waals surface area contributed by atoms with Gasteiger partial charge < -0.3 is 20.7 Å². The average molecular weight is 211 g/mol. The van der Waals surface area contributed by atoms with Crippen LogP contribution in [-0.4, -0.2) is 29.0 Å². The van der Waals surface area contributed by atoms with E-state index in [1.807, 2.05) is 0 Å². The molecule has 1 atom stereocenters.